The number of nitrogens with zero attached hydrogens (tertiary/aromatic N) is 2. The maximum Gasteiger partial charge on any atom is 0.220 e. The van der Waals surface area contributed by atoms with E-state index in [2.05, 4.69) is 81.2 Å². The highest BCUT2D eigenvalue weighted by molar-refractivity contribution is 5.86. The van der Waals surface area contributed by atoms with E-state index < -0.39 is 0 Å². The van der Waals surface area contributed by atoms with Crippen molar-refractivity contribution in [3.8, 4) is 0 Å². The molecule has 2 aromatic carbocycles. The number of carbonyl (C=O) groups is 1. The third-order valence-corrected chi connectivity index (χ3v) is 6.37. The van der Waals surface area contributed by atoms with Gasteiger partial charge in [0.25, 0.3) is 0 Å². The van der Waals surface area contributed by atoms with Crippen LogP contribution in [0.3, 0.4) is 0 Å². The number of amides is 1. The fourth-order valence-electron chi connectivity index (χ4n) is 4.62. The minimum absolute atomic E-state index is 0. The second kappa shape index (κ2) is 17.3. The van der Waals surface area contributed by atoms with Crippen LogP contribution in [0.15, 0.2) is 85.2 Å². The molecule has 0 saturated carbocycles. The summed E-state index contributed by atoms with van der Waals surface area (Å²) in [4.78, 5) is 18.8. The molecule has 1 aliphatic heterocycles. The van der Waals surface area contributed by atoms with Crippen LogP contribution < -0.4 is 10.6 Å². The van der Waals surface area contributed by atoms with Gasteiger partial charge in [-0.25, -0.2) is 0 Å². The van der Waals surface area contributed by atoms with Gasteiger partial charge in [0.15, 0.2) is 0 Å². The van der Waals surface area contributed by atoms with E-state index in [1.807, 2.05) is 18.3 Å². The molecule has 2 heterocycles. The Labute approximate surface area is 233 Å². The molecule has 4 rings (SSSR count). The molecule has 5 nitrogen and oxygen atoms in total. The van der Waals surface area contributed by atoms with Gasteiger partial charge < -0.3 is 10.6 Å². The van der Waals surface area contributed by atoms with E-state index in [4.69, 9.17) is 0 Å². The quantitative estimate of drug-likeness (QED) is 0.338. The molecule has 3 aromatic rings. The summed E-state index contributed by atoms with van der Waals surface area (Å²) in [5, 5.41) is 6.67. The highest BCUT2D eigenvalue weighted by Gasteiger charge is 2.27. The minimum atomic E-state index is 0. The van der Waals surface area contributed by atoms with E-state index in [-0.39, 0.29) is 43.1 Å². The molecule has 36 heavy (non-hydrogen) atoms. The van der Waals surface area contributed by atoms with Crippen molar-refractivity contribution in [1.29, 1.82) is 0 Å². The largest absolute Gasteiger partial charge is 0.355 e. The molecular formula is C28H37Cl3N4O. The number of hydrogen-bond acceptors (Lipinski definition) is 4. The first kappa shape index (κ1) is 31.9. The molecule has 1 aromatic heterocycles. The van der Waals surface area contributed by atoms with Crippen molar-refractivity contribution in [2.24, 2.45) is 0 Å². The number of piperidine rings is 1. The van der Waals surface area contributed by atoms with Crippen molar-refractivity contribution in [3.63, 3.8) is 0 Å². The first-order valence-electron chi connectivity index (χ1n) is 12.0. The van der Waals surface area contributed by atoms with Crippen LogP contribution >= 0.6 is 37.2 Å². The molecule has 0 spiro atoms. The molecular weight excluding hydrogens is 515 g/mol. The average Bonchev–Trinajstić information content (AvgIpc) is 2.88. The van der Waals surface area contributed by atoms with Crippen LogP contribution in [0.5, 0.6) is 0 Å². The van der Waals surface area contributed by atoms with Crippen molar-refractivity contribution in [1.82, 2.24) is 20.5 Å². The number of nitrogens with one attached hydrogen (secondary N) is 2. The van der Waals surface area contributed by atoms with E-state index in [0.29, 0.717) is 25.0 Å². The van der Waals surface area contributed by atoms with Gasteiger partial charge in [-0.05, 0) is 42.0 Å². The fourth-order valence-corrected chi connectivity index (χ4v) is 4.62. The van der Waals surface area contributed by atoms with Gasteiger partial charge in [-0.3, -0.25) is 14.7 Å². The van der Waals surface area contributed by atoms with Crippen molar-refractivity contribution in [2.45, 2.75) is 37.8 Å². The first-order valence-corrected chi connectivity index (χ1v) is 12.0. The normalized spacial score (nSPS) is 13.7. The number of carbonyl (C=O) groups excluding carboxylic acids is 1. The number of aryl methyl sites for hydroxylation is 1. The predicted octanol–water partition coefficient (Wildman–Crippen LogP) is 5.24. The lowest BCUT2D eigenvalue weighted by Crippen LogP contribution is -2.45. The second-order valence-corrected chi connectivity index (χ2v) is 8.70. The van der Waals surface area contributed by atoms with Crippen LogP contribution in [0, 0.1) is 0 Å². The summed E-state index contributed by atoms with van der Waals surface area (Å²) in [6.45, 7) is 3.60. The van der Waals surface area contributed by atoms with E-state index in [9.17, 15) is 4.79 Å². The zero-order chi connectivity index (χ0) is 22.7. The molecule has 0 aliphatic carbocycles. The number of hydrogen-bond donors (Lipinski definition) is 2. The Bertz CT molecular complexity index is 932. The maximum absolute atomic E-state index is 12.1. The van der Waals surface area contributed by atoms with Gasteiger partial charge in [0.05, 0.1) is 6.04 Å². The number of likely N-dealkylation sites (tertiary alicyclic amines) is 1. The Morgan fingerprint density at radius 3 is 2.03 bits per heavy atom. The maximum atomic E-state index is 12.1. The van der Waals surface area contributed by atoms with Crippen LogP contribution in [0.1, 0.15) is 42.0 Å². The van der Waals surface area contributed by atoms with E-state index in [1.54, 1.807) is 6.20 Å². The summed E-state index contributed by atoms with van der Waals surface area (Å²) < 4.78 is 0. The third kappa shape index (κ3) is 9.72. The van der Waals surface area contributed by atoms with Gasteiger partial charge in [-0.15, -0.1) is 37.2 Å². The topological polar surface area (TPSA) is 57.3 Å². The lowest BCUT2D eigenvalue weighted by atomic mass is 9.94. The number of halogens is 3. The summed E-state index contributed by atoms with van der Waals surface area (Å²) in [7, 11) is 0. The van der Waals surface area contributed by atoms with Gasteiger partial charge in [-0.1, -0.05) is 66.7 Å². The monoisotopic (exact) mass is 550 g/mol. The molecule has 0 atom stereocenters. The first-order chi connectivity index (χ1) is 16.3. The lowest BCUT2D eigenvalue weighted by Gasteiger charge is -2.38. The fraction of sp³-hybridized carbons (Fsp3) is 0.357. The Morgan fingerprint density at radius 2 is 1.47 bits per heavy atom. The van der Waals surface area contributed by atoms with Crippen molar-refractivity contribution < 1.29 is 4.79 Å². The number of rotatable bonds is 10. The van der Waals surface area contributed by atoms with Crippen LogP contribution in [0.4, 0.5) is 0 Å². The van der Waals surface area contributed by atoms with Gasteiger partial charge >= 0.3 is 0 Å². The van der Waals surface area contributed by atoms with Crippen LogP contribution in [0.2, 0.25) is 0 Å². The zero-order valence-corrected chi connectivity index (χ0v) is 22.9. The minimum Gasteiger partial charge on any atom is -0.355 e. The highest BCUT2D eigenvalue weighted by atomic mass is 35.5. The van der Waals surface area contributed by atoms with E-state index in [0.717, 1.165) is 44.5 Å². The van der Waals surface area contributed by atoms with E-state index >= 15 is 0 Å². The molecule has 2 N–H and O–H groups in total. The average molecular weight is 552 g/mol. The lowest BCUT2D eigenvalue weighted by molar-refractivity contribution is -0.121. The van der Waals surface area contributed by atoms with Crippen molar-refractivity contribution in [2.75, 3.05) is 26.2 Å². The highest BCUT2D eigenvalue weighted by Crippen LogP contribution is 2.30. The second-order valence-electron chi connectivity index (χ2n) is 8.70. The molecule has 196 valence electrons. The predicted molar refractivity (Wildman–Crippen MR) is 155 cm³/mol. The molecule has 1 fully saturated rings. The van der Waals surface area contributed by atoms with Crippen LogP contribution in [-0.2, 0) is 11.2 Å². The Morgan fingerprint density at radius 1 is 0.861 bits per heavy atom. The van der Waals surface area contributed by atoms with Crippen molar-refractivity contribution >= 4 is 43.1 Å². The van der Waals surface area contributed by atoms with Crippen molar-refractivity contribution in [3.05, 3.63) is 102 Å². The molecule has 1 saturated heterocycles. The number of aromatic nitrogens is 1. The molecule has 1 aliphatic rings. The van der Waals surface area contributed by atoms with Crippen LogP contribution in [0.25, 0.3) is 0 Å². The molecule has 8 heteroatoms. The summed E-state index contributed by atoms with van der Waals surface area (Å²) in [6, 6.07) is 26.3. The van der Waals surface area contributed by atoms with Gasteiger partial charge in [0, 0.05) is 51.0 Å². The van der Waals surface area contributed by atoms with Gasteiger partial charge in [0.2, 0.25) is 5.91 Å². The van der Waals surface area contributed by atoms with E-state index in [1.165, 1.54) is 11.1 Å². The summed E-state index contributed by atoms with van der Waals surface area (Å²) in [6.07, 6.45) is 7.04. The number of benzene rings is 2. The van der Waals surface area contributed by atoms with Gasteiger partial charge in [-0.2, -0.15) is 0 Å². The molecule has 0 bridgehead atoms. The summed E-state index contributed by atoms with van der Waals surface area (Å²) >= 11 is 0. The smallest absolute Gasteiger partial charge is 0.220 e. The Balaban J connectivity index is 0.00000216. The van der Waals surface area contributed by atoms with Crippen LogP contribution in [-0.4, -0.2) is 48.0 Å². The summed E-state index contributed by atoms with van der Waals surface area (Å²) in [5.74, 6) is 0.101. The summed E-state index contributed by atoms with van der Waals surface area (Å²) in [5.41, 5.74) is 3.80. The SMILES string of the molecule is Cl.Cl.Cl.O=C(CCc1cccnc1)NCCNC1CCN(C(c2ccccc2)c2ccccc2)CC1. The zero-order valence-electron chi connectivity index (χ0n) is 20.4. The third-order valence-electron chi connectivity index (χ3n) is 6.37. The van der Waals surface area contributed by atoms with Gasteiger partial charge in [0.1, 0.15) is 0 Å². The standard InChI is InChI=1S/C28H34N4O.3ClH/c33-27(14-13-23-8-7-17-29-22-23)31-19-18-30-26-15-20-32(21-16-26)28(24-9-3-1-4-10-24)25-11-5-2-6-12-25;;;/h1-12,17,22,26,28,30H,13-16,18-21H2,(H,31,33);3*1H. The number of pyridine rings is 1. The molecule has 0 unspecified atom stereocenters. The Kier molecular flexibility index (Phi) is 15.3. The molecule has 1 amide bonds. The Hall–Kier alpha value is -2.15. The molecule has 0 radical (unpaired) electrons.